The molecule has 0 fully saturated rings. The molecule has 21 heavy (non-hydrogen) atoms. The number of anilines is 1. The summed E-state index contributed by atoms with van der Waals surface area (Å²) in [5.74, 6) is -0.468. The van der Waals surface area contributed by atoms with E-state index in [0.29, 0.717) is 29.3 Å². The van der Waals surface area contributed by atoms with Crippen LogP contribution in [0.1, 0.15) is 23.0 Å². The van der Waals surface area contributed by atoms with Gasteiger partial charge in [-0.1, -0.05) is 0 Å². The van der Waals surface area contributed by atoms with Gasteiger partial charge in [-0.3, -0.25) is 9.78 Å². The summed E-state index contributed by atoms with van der Waals surface area (Å²) < 4.78 is 18.5. The van der Waals surface area contributed by atoms with Crippen molar-refractivity contribution >= 4 is 11.6 Å². The maximum atomic E-state index is 13.2. The van der Waals surface area contributed by atoms with Gasteiger partial charge in [0.2, 0.25) is 0 Å². The molecule has 1 heterocycles. The maximum absolute atomic E-state index is 13.2. The first-order chi connectivity index (χ1) is 10.1. The number of halogens is 1. The van der Waals surface area contributed by atoms with E-state index >= 15 is 0 Å². The van der Waals surface area contributed by atoms with Crippen LogP contribution in [0.3, 0.4) is 0 Å². The summed E-state index contributed by atoms with van der Waals surface area (Å²) in [5, 5.41) is 2.69. The van der Waals surface area contributed by atoms with Gasteiger partial charge in [-0.15, -0.1) is 0 Å². The van der Waals surface area contributed by atoms with Crippen molar-refractivity contribution in [2.45, 2.75) is 13.5 Å². The van der Waals surface area contributed by atoms with Crippen molar-refractivity contribution in [3.63, 3.8) is 0 Å². The summed E-state index contributed by atoms with van der Waals surface area (Å²) in [5.41, 5.74) is 6.95. The Bertz CT molecular complexity index is 647. The Labute approximate surface area is 121 Å². The predicted octanol–water partition coefficient (Wildman–Crippen LogP) is 2.33. The van der Waals surface area contributed by atoms with E-state index in [4.69, 9.17) is 10.5 Å². The number of aromatic nitrogens is 1. The average molecular weight is 289 g/mol. The highest BCUT2D eigenvalue weighted by Gasteiger charge is 2.11. The SMILES string of the molecule is CCOc1cc(F)ccc1NC(=O)c1ccnc(CN)c1. The van der Waals surface area contributed by atoms with Crippen molar-refractivity contribution in [2.75, 3.05) is 11.9 Å². The first kappa shape index (κ1) is 14.9. The van der Waals surface area contributed by atoms with E-state index in [1.165, 1.54) is 24.4 Å². The minimum atomic E-state index is -0.425. The van der Waals surface area contributed by atoms with Gasteiger partial charge < -0.3 is 15.8 Å². The molecule has 0 spiro atoms. The number of rotatable bonds is 5. The van der Waals surface area contributed by atoms with Crippen LogP contribution >= 0.6 is 0 Å². The maximum Gasteiger partial charge on any atom is 0.255 e. The molecule has 5 nitrogen and oxygen atoms in total. The van der Waals surface area contributed by atoms with E-state index in [1.54, 1.807) is 19.1 Å². The van der Waals surface area contributed by atoms with Gasteiger partial charge in [0, 0.05) is 24.4 Å². The van der Waals surface area contributed by atoms with Crippen LogP contribution in [0, 0.1) is 5.82 Å². The molecule has 2 rings (SSSR count). The van der Waals surface area contributed by atoms with Crippen LogP contribution in [-0.4, -0.2) is 17.5 Å². The number of nitrogens with two attached hydrogens (primary N) is 1. The molecule has 1 aromatic heterocycles. The molecule has 1 aromatic carbocycles. The third-order valence-electron chi connectivity index (χ3n) is 2.78. The number of pyridine rings is 1. The van der Waals surface area contributed by atoms with Gasteiger partial charge in [-0.25, -0.2) is 4.39 Å². The number of carbonyl (C=O) groups excluding carboxylic acids is 1. The summed E-state index contributed by atoms with van der Waals surface area (Å²) in [6.07, 6.45) is 1.52. The minimum absolute atomic E-state index is 0.252. The zero-order valence-corrected chi connectivity index (χ0v) is 11.6. The molecule has 0 aliphatic heterocycles. The summed E-state index contributed by atoms with van der Waals surface area (Å²) in [7, 11) is 0. The molecule has 0 bridgehead atoms. The molecule has 110 valence electrons. The summed E-state index contributed by atoms with van der Waals surface area (Å²) >= 11 is 0. The van der Waals surface area contributed by atoms with E-state index in [-0.39, 0.29) is 12.5 Å². The normalized spacial score (nSPS) is 10.2. The topological polar surface area (TPSA) is 77.2 Å². The molecule has 0 aliphatic rings. The number of ether oxygens (including phenoxy) is 1. The number of amides is 1. The summed E-state index contributed by atoms with van der Waals surface area (Å²) in [6.45, 7) is 2.41. The number of hydrogen-bond acceptors (Lipinski definition) is 4. The molecule has 0 radical (unpaired) electrons. The second kappa shape index (κ2) is 6.81. The molecular weight excluding hydrogens is 273 g/mol. The summed E-state index contributed by atoms with van der Waals surface area (Å²) in [4.78, 5) is 16.2. The quantitative estimate of drug-likeness (QED) is 0.885. The molecule has 0 unspecified atom stereocenters. The van der Waals surface area contributed by atoms with E-state index in [9.17, 15) is 9.18 Å². The van der Waals surface area contributed by atoms with Crippen molar-refractivity contribution < 1.29 is 13.9 Å². The molecule has 0 atom stereocenters. The van der Waals surface area contributed by atoms with E-state index in [2.05, 4.69) is 10.3 Å². The lowest BCUT2D eigenvalue weighted by atomic mass is 10.2. The lowest BCUT2D eigenvalue weighted by molar-refractivity contribution is 0.102. The van der Waals surface area contributed by atoms with Crippen molar-refractivity contribution in [3.8, 4) is 5.75 Å². The fraction of sp³-hybridized carbons (Fsp3) is 0.200. The zero-order valence-electron chi connectivity index (χ0n) is 11.6. The minimum Gasteiger partial charge on any atom is -0.492 e. The fourth-order valence-corrected chi connectivity index (χ4v) is 1.80. The van der Waals surface area contributed by atoms with Crippen LogP contribution in [0.15, 0.2) is 36.5 Å². The van der Waals surface area contributed by atoms with Gasteiger partial charge in [0.1, 0.15) is 11.6 Å². The third-order valence-corrected chi connectivity index (χ3v) is 2.78. The number of benzene rings is 1. The molecule has 3 N–H and O–H groups in total. The number of nitrogens with one attached hydrogen (secondary N) is 1. The van der Waals surface area contributed by atoms with Crippen molar-refractivity contribution in [2.24, 2.45) is 5.73 Å². The number of carbonyl (C=O) groups is 1. The highest BCUT2D eigenvalue weighted by atomic mass is 19.1. The molecule has 0 saturated heterocycles. The van der Waals surface area contributed by atoms with Crippen LogP contribution in [0.2, 0.25) is 0 Å². The lowest BCUT2D eigenvalue weighted by Gasteiger charge is -2.11. The van der Waals surface area contributed by atoms with Gasteiger partial charge >= 0.3 is 0 Å². The molecule has 0 saturated carbocycles. The standard InChI is InChI=1S/C15H16FN3O2/c1-2-21-14-8-11(16)3-4-13(14)19-15(20)10-5-6-18-12(7-10)9-17/h3-8H,2,9,17H2,1H3,(H,19,20). The van der Waals surface area contributed by atoms with Crippen LogP contribution in [0.4, 0.5) is 10.1 Å². The van der Waals surface area contributed by atoms with Crippen molar-refractivity contribution in [1.82, 2.24) is 4.98 Å². The van der Waals surface area contributed by atoms with Gasteiger partial charge in [-0.05, 0) is 31.2 Å². The predicted molar refractivity (Wildman–Crippen MR) is 77.7 cm³/mol. The van der Waals surface area contributed by atoms with Gasteiger partial charge in [0.05, 0.1) is 18.0 Å². The molecule has 0 aliphatic carbocycles. The second-order valence-corrected chi connectivity index (χ2v) is 4.27. The number of nitrogens with zero attached hydrogens (tertiary/aromatic N) is 1. The molecule has 2 aromatic rings. The third kappa shape index (κ3) is 3.76. The van der Waals surface area contributed by atoms with Gasteiger partial charge in [0.25, 0.3) is 5.91 Å². The zero-order chi connectivity index (χ0) is 15.2. The highest BCUT2D eigenvalue weighted by Crippen LogP contribution is 2.26. The Morgan fingerprint density at radius 2 is 2.19 bits per heavy atom. The smallest absolute Gasteiger partial charge is 0.255 e. The molecule has 1 amide bonds. The Balaban J connectivity index is 2.22. The van der Waals surface area contributed by atoms with Crippen LogP contribution < -0.4 is 15.8 Å². The van der Waals surface area contributed by atoms with Gasteiger partial charge in [0.15, 0.2) is 0 Å². The van der Waals surface area contributed by atoms with Crippen LogP contribution in [0.25, 0.3) is 0 Å². The molecular formula is C15H16FN3O2. The van der Waals surface area contributed by atoms with E-state index < -0.39 is 5.82 Å². The average Bonchev–Trinajstić information content (AvgIpc) is 2.50. The molecule has 6 heteroatoms. The van der Waals surface area contributed by atoms with E-state index in [0.717, 1.165) is 0 Å². The number of hydrogen-bond donors (Lipinski definition) is 2. The lowest BCUT2D eigenvalue weighted by Crippen LogP contribution is -2.14. The monoisotopic (exact) mass is 289 g/mol. The first-order valence-corrected chi connectivity index (χ1v) is 6.52. The first-order valence-electron chi connectivity index (χ1n) is 6.52. The highest BCUT2D eigenvalue weighted by molar-refractivity contribution is 6.05. The Morgan fingerprint density at radius 3 is 2.90 bits per heavy atom. The fourth-order valence-electron chi connectivity index (χ4n) is 1.80. The Morgan fingerprint density at radius 1 is 1.38 bits per heavy atom. The van der Waals surface area contributed by atoms with Crippen molar-refractivity contribution in [3.05, 3.63) is 53.6 Å². The Kier molecular flexibility index (Phi) is 4.84. The van der Waals surface area contributed by atoms with Gasteiger partial charge in [-0.2, -0.15) is 0 Å². The van der Waals surface area contributed by atoms with Crippen molar-refractivity contribution in [1.29, 1.82) is 0 Å². The Hall–Kier alpha value is -2.47. The largest absolute Gasteiger partial charge is 0.492 e. The van der Waals surface area contributed by atoms with Crippen LogP contribution in [0.5, 0.6) is 5.75 Å². The van der Waals surface area contributed by atoms with E-state index in [1.807, 2.05) is 0 Å². The second-order valence-electron chi connectivity index (χ2n) is 4.27. The van der Waals surface area contributed by atoms with Crippen LogP contribution in [-0.2, 0) is 6.54 Å². The summed E-state index contributed by atoms with van der Waals surface area (Å²) in [6, 6.07) is 7.15.